The van der Waals surface area contributed by atoms with Crippen molar-refractivity contribution in [2.45, 2.75) is 19.0 Å². The Labute approximate surface area is 127 Å². The maximum atomic E-state index is 13.0. The van der Waals surface area contributed by atoms with E-state index in [-0.39, 0.29) is 11.9 Å². The molecule has 0 fully saturated rings. The zero-order chi connectivity index (χ0) is 14.8. The molecule has 0 bridgehead atoms. The molecule has 5 heteroatoms. The fourth-order valence-corrected chi connectivity index (χ4v) is 2.69. The monoisotopic (exact) mass is 303 g/mol. The maximum absolute atomic E-state index is 13.0. The highest BCUT2D eigenvalue weighted by atomic mass is 35.5. The summed E-state index contributed by atoms with van der Waals surface area (Å²) >= 11 is 6.04. The molecule has 2 N–H and O–H groups in total. The van der Waals surface area contributed by atoms with Crippen LogP contribution in [-0.4, -0.2) is 15.6 Å². The van der Waals surface area contributed by atoms with Crippen LogP contribution in [0.3, 0.4) is 0 Å². The van der Waals surface area contributed by atoms with Gasteiger partial charge in [0, 0.05) is 17.6 Å². The van der Waals surface area contributed by atoms with Crippen LogP contribution in [0.4, 0.5) is 4.39 Å². The molecule has 1 aromatic heterocycles. The number of nitrogens with zero attached hydrogens (tertiary/aromatic N) is 2. The molecular formula is C16H15ClFN3. The maximum Gasteiger partial charge on any atom is 0.124 e. The van der Waals surface area contributed by atoms with Crippen LogP contribution in [0.5, 0.6) is 0 Å². The predicted molar refractivity (Wildman–Crippen MR) is 82.8 cm³/mol. The van der Waals surface area contributed by atoms with Crippen LogP contribution >= 0.6 is 11.6 Å². The van der Waals surface area contributed by atoms with Crippen LogP contribution in [0.25, 0.3) is 11.0 Å². The topological polar surface area (TPSA) is 43.8 Å². The third-order valence-electron chi connectivity index (χ3n) is 3.46. The Balaban J connectivity index is 1.75. The van der Waals surface area contributed by atoms with Crippen molar-refractivity contribution in [1.29, 1.82) is 0 Å². The van der Waals surface area contributed by atoms with E-state index in [0.29, 0.717) is 18.0 Å². The van der Waals surface area contributed by atoms with Gasteiger partial charge in [-0.2, -0.15) is 0 Å². The highest BCUT2D eigenvalue weighted by molar-refractivity contribution is 6.31. The number of aromatic nitrogens is 2. The quantitative estimate of drug-likeness (QED) is 0.803. The molecule has 3 nitrogen and oxygen atoms in total. The lowest BCUT2D eigenvalue weighted by Gasteiger charge is -2.14. The van der Waals surface area contributed by atoms with Gasteiger partial charge in [0.2, 0.25) is 0 Å². The van der Waals surface area contributed by atoms with Gasteiger partial charge in [0.05, 0.1) is 17.4 Å². The second-order valence-electron chi connectivity index (χ2n) is 5.09. The minimum Gasteiger partial charge on any atom is -0.329 e. The van der Waals surface area contributed by atoms with Crippen molar-refractivity contribution >= 4 is 22.6 Å². The third-order valence-corrected chi connectivity index (χ3v) is 3.81. The fraction of sp³-hybridized carbons (Fsp3) is 0.188. The molecule has 0 aliphatic rings. The summed E-state index contributed by atoms with van der Waals surface area (Å²) in [7, 11) is 0. The summed E-state index contributed by atoms with van der Waals surface area (Å²) in [6.45, 7) is 0.633. The summed E-state index contributed by atoms with van der Waals surface area (Å²) in [6.07, 6.45) is 2.38. The van der Waals surface area contributed by atoms with E-state index >= 15 is 0 Å². The molecule has 0 aliphatic carbocycles. The van der Waals surface area contributed by atoms with Crippen LogP contribution in [0.1, 0.15) is 5.56 Å². The highest BCUT2D eigenvalue weighted by Crippen LogP contribution is 2.19. The largest absolute Gasteiger partial charge is 0.329 e. The van der Waals surface area contributed by atoms with Crippen LogP contribution in [-0.2, 0) is 13.0 Å². The smallest absolute Gasteiger partial charge is 0.124 e. The number of hydrogen-bond acceptors (Lipinski definition) is 2. The first-order chi connectivity index (χ1) is 10.1. The Hall–Kier alpha value is -1.91. The van der Waals surface area contributed by atoms with Crippen molar-refractivity contribution in [2.75, 3.05) is 0 Å². The zero-order valence-electron chi connectivity index (χ0n) is 11.3. The van der Waals surface area contributed by atoms with E-state index < -0.39 is 0 Å². The summed E-state index contributed by atoms with van der Waals surface area (Å²) in [5.41, 5.74) is 9.05. The molecule has 108 valence electrons. The average molecular weight is 304 g/mol. The van der Waals surface area contributed by atoms with E-state index in [9.17, 15) is 4.39 Å². The summed E-state index contributed by atoms with van der Waals surface area (Å²) < 4.78 is 15.1. The highest BCUT2D eigenvalue weighted by Gasteiger charge is 2.10. The second kappa shape index (κ2) is 5.84. The van der Waals surface area contributed by atoms with Gasteiger partial charge in [0.1, 0.15) is 5.82 Å². The molecule has 3 rings (SSSR count). The van der Waals surface area contributed by atoms with E-state index in [1.807, 2.05) is 28.8 Å². The van der Waals surface area contributed by atoms with E-state index in [2.05, 4.69) is 4.98 Å². The lowest BCUT2D eigenvalue weighted by Crippen LogP contribution is -2.28. The lowest BCUT2D eigenvalue weighted by molar-refractivity contribution is 0.558. The Bertz CT molecular complexity index is 769. The number of benzene rings is 2. The molecule has 0 amide bonds. The van der Waals surface area contributed by atoms with Gasteiger partial charge in [-0.25, -0.2) is 9.37 Å². The van der Waals surface area contributed by atoms with E-state index in [0.717, 1.165) is 16.6 Å². The SMILES string of the molecule is NC(Cc1ccc(F)cc1Cl)Cn1cnc2ccccc21. The molecule has 3 aromatic rings. The first-order valence-electron chi connectivity index (χ1n) is 6.73. The number of para-hydroxylation sites is 2. The van der Waals surface area contributed by atoms with E-state index in [4.69, 9.17) is 17.3 Å². The summed E-state index contributed by atoms with van der Waals surface area (Å²) in [4.78, 5) is 4.34. The fourth-order valence-electron chi connectivity index (χ4n) is 2.44. The van der Waals surface area contributed by atoms with Crippen molar-refractivity contribution < 1.29 is 4.39 Å². The number of halogens is 2. The Morgan fingerprint density at radius 1 is 1.24 bits per heavy atom. The molecule has 2 aromatic carbocycles. The summed E-state index contributed by atoms with van der Waals surface area (Å²) in [6, 6.07) is 12.2. The van der Waals surface area contributed by atoms with Crippen molar-refractivity contribution in [3.63, 3.8) is 0 Å². The van der Waals surface area contributed by atoms with Crippen molar-refractivity contribution in [3.8, 4) is 0 Å². The van der Waals surface area contributed by atoms with Crippen LogP contribution in [0.2, 0.25) is 5.02 Å². The predicted octanol–water partition coefficient (Wildman–Crippen LogP) is 3.40. The molecule has 0 radical (unpaired) electrons. The standard InChI is InChI=1S/C16H15ClFN3/c17-14-8-12(18)6-5-11(14)7-13(19)9-21-10-20-15-3-1-2-4-16(15)21/h1-6,8,10,13H,7,9,19H2. The Morgan fingerprint density at radius 2 is 2.05 bits per heavy atom. The van der Waals surface area contributed by atoms with Gasteiger partial charge in [-0.15, -0.1) is 0 Å². The minimum absolute atomic E-state index is 0.120. The zero-order valence-corrected chi connectivity index (χ0v) is 12.1. The average Bonchev–Trinajstić information content (AvgIpc) is 2.85. The number of rotatable bonds is 4. The Morgan fingerprint density at radius 3 is 2.86 bits per heavy atom. The molecule has 0 aliphatic heterocycles. The van der Waals surface area contributed by atoms with Crippen molar-refractivity contribution in [3.05, 3.63) is 65.2 Å². The molecule has 1 heterocycles. The van der Waals surface area contributed by atoms with Gasteiger partial charge < -0.3 is 10.3 Å². The van der Waals surface area contributed by atoms with Crippen LogP contribution < -0.4 is 5.73 Å². The second-order valence-corrected chi connectivity index (χ2v) is 5.49. The van der Waals surface area contributed by atoms with E-state index in [1.165, 1.54) is 12.1 Å². The number of nitrogens with two attached hydrogens (primary N) is 1. The Kier molecular flexibility index (Phi) is 3.90. The van der Waals surface area contributed by atoms with Gasteiger partial charge in [-0.05, 0) is 36.2 Å². The molecule has 0 saturated heterocycles. The first kappa shape index (κ1) is 14.0. The van der Waals surface area contributed by atoms with Crippen molar-refractivity contribution in [2.24, 2.45) is 5.73 Å². The molecule has 21 heavy (non-hydrogen) atoms. The molecular weight excluding hydrogens is 289 g/mol. The van der Waals surface area contributed by atoms with Gasteiger partial charge in [-0.1, -0.05) is 29.8 Å². The minimum atomic E-state index is -0.335. The van der Waals surface area contributed by atoms with Crippen LogP contribution in [0, 0.1) is 5.82 Å². The third kappa shape index (κ3) is 3.06. The number of hydrogen-bond donors (Lipinski definition) is 1. The number of imidazole rings is 1. The van der Waals surface area contributed by atoms with Gasteiger partial charge in [0.25, 0.3) is 0 Å². The molecule has 0 saturated carbocycles. The van der Waals surface area contributed by atoms with Gasteiger partial charge in [0.15, 0.2) is 0 Å². The first-order valence-corrected chi connectivity index (χ1v) is 7.10. The van der Waals surface area contributed by atoms with Gasteiger partial charge in [-0.3, -0.25) is 0 Å². The van der Waals surface area contributed by atoms with Crippen LogP contribution in [0.15, 0.2) is 48.8 Å². The van der Waals surface area contributed by atoms with Gasteiger partial charge >= 0.3 is 0 Å². The normalized spacial score (nSPS) is 12.7. The van der Waals surface area contributed by atoms with Crippen molar-refractivity contribution in [1.82, 2.24) is 9.55 Å². The van der Waals surface area contributed by atoms with E-state index in [1.54, 1.807) is 12.4 Å². The lowest BCUT2D eigenvalue weighted by atomic mass is 10.1. The molecule has 1 unspecified atom stereocenters. The molecule has 1 atom stereocenters. The summed E-state index contributed by atoms with van der Waals surface area (Å²) in [5.74, 6) is -0.335. The summed E-state index contributed by atoms with van der Waals surface area (Å²) in [5, 5.41) is 0.418. The number of fused-ring (bicyclic) bond motifs is 1. The molecule has 0 spiro atoms.